The van der Waals surface area contributed by atoms with Gasteiger partial charge in [-0.2, -0.15) is 0 Å². The van der Waals surface area contributed by atoms with Crippen LogP contribution in [0.15, 0.2) is 30.3 Å². The highest BCUT2D eigenvalue weighted by atomic mass is 32.1. The van der Waals surface area contributed by atoms with Crippen molar-refractivity contribution >= 4 is 17.2 Å². The summed E-state index contributed by atoms with van der Waals surface area (Å²) in [5.41, 5.74) is 9.74. The largest absolute Gasteiger partial charge is 0.336 e. The molecular weight excluding hydrogens is 404 g/mol. The van der Waals surface area contributed by atoms with Gasteiger partial charge >= 0.3 is 0 Å². The molecule has 1 amide bonds. The van der Waals surface area contributed by atoms with E-state index in [2.05, 4.69) is 47.2 Å². The summed E-state index contributed by atoms with van der Waals surface area (Å²) >= 11 is 1.62. The summed E-state index contributed by atoms with van der Waals surface area (Å²) in [5, 5.41) is 0. The molecule has 1 aromatic carbocycles. The van der Waals surface area contributed by atoms with Gasteiger partial charge in [-0.15, -0.1) is 11.3 Å². The zero-order valence-corrected chi connectivity index (χ0v) is 19.5. The van der Waals surface area contributed by atoms with Gasteiger partial charge in [0.25, 0.3) is 5.91 Å². The van der Waals surface area contributed by atoms with Gasteiger partial charge in [-0.1, -0.05) is 24.3 Å². The van der Waals surface area contributed by atoms with Crippen LogP contribution in [0.4, 0.5) is 0 Å². The summed E-state index contributed by atoms with van der Waals surface area (Å²) < 4.78 is 0. The third-order valence-electron chi connectivity index (χ3n) is 7.38. The molecule has 3 aliphatic rings. The van der Waals surface area contributed by atoms with Crippen LogP contribution in [0.25, 0.3) is 10.4 Å². The van der Waals surface area contributed by atoms with Crippen molar-refractivity contribution in [3.8, 4) is 10.4 Å². The summed E-state index contributed by atoms with van der Waals surface area (Å²) in [6.07, 6.45) is 3.42. The molecule has 5 nitrogen and oxygen atoms in total. The fraction of sp³-hybridized carbons (Fsp3) is 0.560. The van der Waals surface area contributed by atoms with Gasteiger partial charge in [0.05, 0.1) is 4.88 Å². The number of aryl methyl sites for hydroxylation is 1. The fourth-order valence-electron chi connectivity index (χ4n) is 5.37. The second kappa shape index (κ2) is 8.66. The van der Waals surface area contributed by atoms with Crippen molar-refractivity contribution in [2.45, 2.75) is 44.2 Å². The zero-order valence-electron chi connectivity index (χ0n) is 18.7. The molecule has 1 aromatic heterocycles. The number of hydrogen-bond donors (Lipinski definition) is 1. The summed E-state index contributed by atoms with van der Waals surface area (Å²) in [5.74, 6) is 0.812. The molecule has 3 saturated heterocycles. The van der Waals surface area contributed by atoms with Crippen LogP contribution < -0.4 is 5.73 Å². The number of carbonyl (C=O) groups is 1. The molecule has 3 fully saturated rings. The Balaban J connectivity index is 1.23. The van der Waals surface area contributed by atoms with Crippen LogP contribution in [0.1, 0.15) is 46.0 Å². The summed E-state index contributed by atoms with van der Waals surface area (Å²) in [6.45, 7) is 8.41. The van der Waals surface area contributed by atoms with E-state index in [0.29, 0.717) is 12.5 Å². The molecule has 0 radical (unpaired) electrons. The van der Waals surface area contributed by atoms with Crippen LogP contribution in [0.3, 0.4) is 0 Å². The molecule has 0 bridgehead atoms. The SMILES string of the molecule is Cc1cc(-c2ccc(C3CCN(C4CN(C)C4)CC3)cc2)sc1C(=O)N1CC[C@H](N)C1. The Labute approximate surface area is 189 Å². The van der Waals surface area contributed by atoms with E-state index >= 15 is 0 Å². The van der Waals surface area contributed by atoms with Crippen molar-refractivity contribution < 1.29 is 4.79 Å². The Morgan fingerprint density at radius 1 is 1.03 bits per heavy atom. The molecule has 2 N–H and O–H groups in total. The van der Waals surface area contributed by atoms with E-state index in [1.165, 1.54) is 55.0 Å². The maximum atomic E-state index is 12.9. The number of hydrogen-bond acceptors (Lipinski definition) is 5. The molecule has 3 aliphatic heterocycles. The van der Waals surface area contributed by atoms with Gasteiger partial charge in [-0.25, -0.2) is 0 Å². The molecule has 0 unspecified atom stereocenters. The van der Waals surface area contributed by atoms with Crippen molar-refractivity contribution in [3.63, 3.8) is 0 Å². The molecule has 166 valence electrons. The minimum absolute atomic E-state index is 0.123. The van der Waals surface area contributed by atoms with Gasteiger partial charge in [0.1, 0.15) is 0 Å². The van der Waals surface area contributed by atoms with Crippen molar-refractivity contribution in [2.24, 2.45) is 5.73 Å². The Hall–Kier alpha value is -1.73. The van der Waals surface area contributed by atoms with E-state index in [4.69, 9.17) is 5.73 Å². The quantitative estimate of drug-likeness (QED) is 0.795. The number of nitrogens with two attached hydrogens (primary N) is 1. The van der Waals surface area contributed by atoms with Gasteiger partial charge in [-0.05, 0) is 75.0 Å². The molecule has 0 aliphatic carbocycles. The number of thiophene rings is 1. The smallest absolute Gasteiger partial charge is 0.264 e. The number of likely N-dealkylation sites (tertiary alicyclic amines) is 3. The Kier molecular flexibility index (Phi) is 5.90. The predicted octanol–water partition coefficient (Wildman–Crippen LogP) is 3.39. The first-order chi connectivity index (χ1) is 15.0. The number of amides is 1. The number of rotatable bonds is 4. The lowest BCUT2D eigenvalue weighted by Crippen LogP contribution is -2.59. The molecule has 5 rings (SSSR count). The Morgan fingerprint density at radius 2 is 1.74 bits per heavy atom. The maximum absolute atomic E-state index is 12.9. The Bertz CT molecular complexity index is 925. The van der Waals surface area contributed by atoms with Crippen LogP contribution in [0, 0.1) is 6.92 Å². The molecule has 0 spiro atoms. The molecule has 1 atom stereocenters. The molecular formula is C25H34N4OS. The average Bonchev–Trinajstić information content (AvgIpc) is 3.37. The topological polar surface area (TPSA) is 52.8 Å². The average molecular weight is 439 g/mol. The van der Waals surface area contributed by atoms with Crippen LogP contribution in [0.2, 0.25) is 0 Å². The van der Waals surface area contributed by atoms with Crippen molar-refractivity contribution in [3.05, 3.63) is 46.3 Å². The summed E-state index contributed by atoms with van der Waals surface area (Å²) in [7, 11) is 2.21. The highest BCUT2D eigenvalue weighted by Crippen LogP contribution is 2.35. The second-order valence-electron chi connectivity index (χ2n) is 9.73. The number of carbonyl (C=O) groups excluding carboxylic acids is 1. The van der Waals surface area contributed by atoms with Crippen molar-refractivity contribution in [2.75, 3.05) is 46.3 Å². The van der Waals surface area contributed by atoms with Crippen LogP contribution in [-0.2, 0) is 0 Å². The minimum atomic E-state index is 0.123. The first-order valence-electron chi connectivity index (χ1n) is 11.7. The first-order valence-corrected chi connectivity index (χ1v) is 12.5. The lowest BCUT2D eigenvalue weighted by Gasteiger charge is -2.46. The van der Waals surface area contributed by atoms with Gasteiger partial charge in [0, 0.05) is 43.1 Å². The maximum Gasteiger partial charge on any atom is 0.264 e. The monoisotopic (exact) mass is 438 g/mol. The molecule has 31 heavy (non-hydrogen) atoms. The van der Waals surface area contributed by atoms with E-state index in [-0.39, 0.29) is 11.9 Å². The second-order valence-corrected chi connectivity index (χ2v) is 10.8. The summed E-state index contributed by atoms with van der Waals surface area (Å²) in [4.78, 5) is 22.0. The van der Waals surface area contributed by atoms with Gasteiger partial charge in [0.15, 0.2) is 0 Å². The molecule has 0 saturated carbocycles. The molecule has 6 heteroatoms. The number of benzene rings is 1. The standard InChI is InChI=1S/C25H34N4OS/c1-17-13-23(31-24(17)25(30)29-12-9-21(26)14-29)20-5-3-18(4-6-20)19-7-10-28(11-8-19)22-15-27(2)16-22/h3-6,13,19,21-22H,7-12,14-16,26H2,1-2H3/t21-/m0/s1. The van der Waals surface area contributed by atoms with E-state index in [9.17, 15) is 4.79 Å². The zero-order chi connectivity index (χ0) is 21.5. The first kappa shape index (κ1) is 21.1. The van der Waals surface area contributed by atoms with Gasteiger partial charge in [0.2, 0.25) is 0 Å². The lowest BCUT2D eigenvalue weighted by atomic mass is 9.88. The highest BCUT2D eigenvalue weighted by molar-refractivity contribution is 7.17. The molecule has 2 aromatic rings. The third kappa shape index (κ3) is 4.31. The lowest BCUT2D eigenvalue weighted by molar-refractivity contribution is 0.0363. The number of nitrogens with zero attached hydrogens (tertiary/aromatic N) is 3. The highest BCUT2D eigenvalue weighted by Gasteiger charge is 2.32. The van der Waals surface area contributed by atoms with Gasteiger partial charge < -0.3 is 15.5 Å². The van der Waals surface area contributed by atoms with Crippen LogP contribution >= 0.6 is 11.3 Å². The fourth-order valence-corrected chi connectivity index (χ4v) is 6.51. The van der Waals surface area contributed by atoms with Crippen LogP contribution in [-0.4, -0.2) is 79.0 Å². The minimum Gasteiger partial charge on any atom is -0.336 e. The Morgan fingerprint density at radius 3 is 2.35 bits per heavy atom. The van der Waals surface area contributed by atoms with E-state index in [1.54, 1.807) is 11.3 Å². The van der Waals surface area contributed by atoms with E-state index in [1.807, 2.05) is 11.8 Å². The molecule has 4 heterocycles. The van der Waals surface area contributed by atoms with E-state index in [0.717, 1.165) is 29.4 Å². The number of likely N-dealkylation sites (N-methyl/N-ethyl adjacent to an activating group) is 1. The van der Waals surface area contributed by atoms with Crippen LogP contribution in [0.5, 0.6) is 0 Å². The summed E-state index contributed by atoms with van der Waals surface area (Å²) in [6, 6.07) is 12.2. The number of piperidine rings is 1. The van der Waals surface area contributed by atoms with Gasteiger partial charge in [-0.3, -0.25) is 9.69 Å². The predicted molar refractivity (Wildman–Crippen MR) is 128 cm³/mol. The van der Waals surface area contributed by atoms with Crippen molar-refractivity contribution in [1.82, 2.24) is 14.7 Å². The van der Waals surface area contributed by atoms with E-state index < -0.39 is 0 Å². The third-order valence-corrected chi connectivity index (χ3v) is 8.66. The van der Waals surface area contributed by atoms with Crippen molar-refractivity contribution in [1.29, 1.82) is 0 Å². The normalized spacial score (nSPS) is 24.0.